The van der Waals surface area contributed by atoms with Crippen LogP contribution < -0.4 is 10.6 Å². The topological polar surface area (TPSA) is 58.2 Å². The van der Waals surface area contributed by atoms with E-state index in [9.17, 15) is 9.59 Å². The van der Waals surface area contributed by atoms with E-state index in [-0.39, 0.29) is 11.8 Å². The molecule has 1 aliphatic rings. The minimum Gasteiger partial charge on any atom is -0.313 e. The molecule has 0 aromatic rings. The molecule has 56 valence electrons. The van der Waals surface area contributed by atoms with Crippen molar-refractivity contribution in [1.29, 1.82) is 0 Å². The average molecular weight is 142 g/mol. The summed E-state index contributed by atoms with van der Waals surface area (Å²) in [6.45, 7) is 2.18. The van der Waals surface area contributed by atoms with Crippen LogP contribution in [0.2, 0.25) is 0 Å². The van der Waals surface area contributed by atoms with Crippen molar-refractivity contribution in [2.75, 3.05) is 19.6 Å². The quantitative estimate of drug-likeness (QED) is 0.357. The van der Waals surface area contributed by atoms with Crippen molar-refractivity contribution in [1.82, 2.24) is 10.6 Å². The number of hydrogen-bond acceptors (Lipinski definition) is 4. The molecular formula is C6H10N2O2. The lowest BCUT2D eigenvalue weighted by molar-refractivity contribution is -0.131. The number of carbonyl (C=O) groups excluding carboxylic acids is 2. The number of piperazine rings is 1. The second-order valence-electron chi connectivity index (χ2n) is 2.23. The summed E-state index contributed by atoms with van der Waals surface area (Å²) in [5.41, 5.74) is 0. The number of hydrogen-bond donors (Lipinski definition) is 2. The Balaban J connectivity index is 2.38. The van der Waals surface area contributed by atoms with E-state index in [1.165, 1.54) is 0 Å². The molecule has 4 nitrogen and oxygen atoms in total. The highest BCUT2D eigenvalue weighted by molar-refractivity contribution is 6.27. The average Bonchev–Trinajstić information content (AvgIpc) is 2.05. The third-order valence-corrected chi connectivity index (χ3v) is 1.50. The fourth-order valence-electron chi connectivity index (χ4n) is 0.937. The molecule has 0 aliphatic carbocycles. The Morgan fingerprint density at radius 3 is 2.80 bits per heavy atom. The van der Waals surface area contributed by atoms with Crippen LogP contribution in [0, 0.1) is 0 Å². The predicted octanol–water partition coefficient (Wildman–Crippen LogP) is -1.68. The molecule has 0 spiro atoms. The first-order valence-corrected chi connectivity index (χ1v) is 3.27. The van der Waals surface area contributed by atoms with Crippen LogP contribution in [0.4, 0.5) is 0 Å². The van der Waals surface area contributed by atoms with Crippen molar-refractivity contribution >= 4 is 12.1 Å². The summed E-state index contributed by atoms with van der Waals surface area (Å²) in [5, 5.41) is 5.93. The fraction of sp³-hybridized carbons (Fsp3) is 0.667. The van der Waals surface area contributed by atoms with Crippen molar-refractivity contribution in [3.63, 3.8) is 0 Å². The van der Waals surface area contributed by atoms with Gasteiger partial charge in [0.2, 0.25) is 5.78 Å². The van der Waals surface area contributed by atoms with Gasteiger partial charge in [0.15, 0.2) is 6.29 Å². The first-order chi connectivity index (χ1) is 4.84. The number of Topliss-reactive ketones (excluding diaryl/α,β-unsaturated/α-hetero) is 1. The SMILES string of the molecule is O=CC(=O)C1CNCCN1. The maximum atomic E-state index is 10.7. The molecule has 1 fully saturated rings. The van der Waals surface area contributed by atoms with Crippen LogP contribution in [0.5, 0.6) is 0 Å². The van der Waals surface area contributed by atoms with Gasteiger partial charge in [-0.15, -0.1) is 0 Å². The van der Waals surface area contributed by atoms with Crippen LogP contribution in [0.3, 0.4) is 0 Å². The minimum atomic E-state index is -0.368. The molecule has 1 aliphatic heterocycles. The molecule has 1 atom stereocenters. The molecule has 1 heterocycles. The Hall–Kier alpha value is -0.740. The van der Waals surface area contributed by atoms with Crippen molar-refractivity contribution in [3.05, 3.63) is 0 Å². The smallest absolute Gasteiger partial charge is 0.213 e. The van der Waals surface area contributed by atoms with E-state index in [2.05, 4.69) is 10.6 Å². The van der Waals surface area contributed by atoms with Crippen molar-refractivity contribution in [3.8, 4) is 0 Å². The lowest BCUT2D eigenvalue weighted by Crippen LogP contribution is -2.52. The van der Waals surface area contributed by atoms with Gasteiger partial charge in [0, 0.05) is 19.6 Å². The van der Waals surface area contributed by atoms with Gasteiger partial charge >= 0.3 is 0 Å². The molecule has 1 rings (SSSR count). The largest absolute Gasteiger partial charge is 0.313 e. The first-order valence-electron chi connectivity index (χ1n) is 3.27. The molecule has 4 heteroatoms. The fourth-order valence-corrected chi connectivity index (χ4v) is 0.937. The van der Waals surface area contributed by atoms with Gasteiger partial charge in [-0.25, -0.2) is 0 Å². The van der Waals surface area contributed by atoms with Crippen LogP contribution >= 0.6 is 0 Å². The lowest BCUT2D eigenvalue weighted by Gasteiger charge is -2.20. The Kier molecular flexibility index (Phi) is 2.53. The van der Waals surface area contributed by atoms with Crippen molar-refractivity contribution in [2.24, 2.45) is 0 Å². The van der Waals surface area contributed by atoms with Gasteiger partial charge in [-0.1, -0.05) is 0 Å². The summed E-state index contributed by atoms with van der Waals surface area (Å²) < 4.78 is 0. The number of carbonyl (C=O) groups is 2. The highest BCUT2D eigenvalue weighted by Gasteiger charge is 2.18. The molecule has 1 unspecified atom stereocenters. The van der Waals surface area contributed by atoms with Crippen LogP contribution in [-0.4, -0.2) is 37.7 Å². The number of ketones is 1. The summed E-state index contributed by atoms with van der Waals surface area (Å²) in [5.74, 6) is -0.368. The number of aldehydes is 1. The number of nitrogens with one attached hydrogen (secondary N) is 2. The van der Waals surface area contributed by atoms with Gasteiger partial charge < -0.3 is 10.6 Å². The Labute approximate surface area is 59.0 Å². The molecule has 0 saturated carbocycles. The summed E-state index contributed by atoms with van der Waals surface area (Å²) in [7, 11) is 0. The highest BCUT2D eigenvalue weighted by atomic mass is 16.2. The third-order valence-electron chi connectivity index (χ3n) is 1.50. The molecule has 1 saturated heterocycles. The Morgan fingerprint density at radius 1 is 1.50 bits per heavy atom. The van der Waals surface area contributed by atoms with E-state index >= 15 is 0 Å². The maximum Gasteiger partial charge on any atom is 0.213 e. The molecule has 0 radical (unpaired) electrons. The zero-order valence-corrected chi connectivity index (χ0v) is 5.59. The van der Waals surface area contributed by atoms with Gasteiger partial charge in [-0.2, -0.15) is 0 Å². The Bertz CT molecular complexity index is 141. The second-order valence-corrected chi connectivity index (χ2v) is 2.23. The standard InChI is InChI=1S/C6H10N2O2/c9-4-6(10)5-3-7-1-2-8-5/h4-5,7-8H,1-3H2. The van der Waals surface area contributed by atoms with E-state index in [0.29, 0.717) is 12.8 Å². The molecule has 2 N–H and O–H groups in total. The van der Waals surface area contributed by atoms with Gasteiger partial charge in [-0.05, 0) is 0 Å². The van der Waals surface area contributed by atoms with Crippen molar-refractivity contribution < 1.29 is 9.59 Å². The molecular weight excluding hydrogens is 132 g/mol. The van der Waals surface area contributed by atoms with E-state index in [0.717, 1.165) is 13.1 Å². The maximum absolute atomic E-state index is 10.7. The monoisotopic (exact) mass is 142 g/mol. The van der Waals surface area contributed by atoms with E-state index < -0.39 is 0 Å². The molecule has 0 aromatic carbocycles. The Morgan fingerprint density at radius 2 is 2.30 bits per heavy atom. The summed E-state index contributed by atoms with van der Waals surface area (Å²) in [4.78, 5) is 20.7. The van der Waals surface area contributed by atoms with Gasteiger partial charge in [0.05, 0.1) is 6.04 Å². The zero-order chi connectivity index (χ0) is 7.40. The lowest BCUT2D eigenvalue weighted by atomic mass is 10.2. The van der Waals surface area contributed by atoms with Crippen LogP contribution in [-0.2, 0) is 9.59 Å². The van der Waals surface area contributed by atoms with Gasteiger partial charge in [0.1, 0.15) is 0 Å². The van der Waals surface area contributed by atoms with E-state index in [4.69, 9.17) is 0 Å². The van der Waals surface area contributed by atoms with E-state index in [1.54, 1.807) is 0 Å². The van der Waals surface area contributed by atoms with Crippen LogP contribution in [0.1, 0.15) is 0 Å². The second kappa shape index (κ2) is 3.43. The minimum absolute atomic E-state index is 0.300. The highest BCUT2D eigenvalue weighted by Crippen LogP contribution is 1.85. The normalized spacial score (nSPS) is 25.8. The van der Waals surface area contributed by atoms with Gasteiger partial charge in [-0.3, -0.25) is 9.59 Å². The van der Waals surface area contributed by atoms with Crippen LogP contribution in [0.25, 0.3) is 0 Å². The summed E-state index contributed by atoms with van der Waals surface area (Å²) >= 11 is 0. The third kappa shape index (κ3) is 1.62. The molecule has 10 heavy (non-hydrogen) atoms. The molecule has 0 aromatic heterocycles. The summed E-state index contributed by atoms with van der Waals surface area (Å²) in [6, 6.07) is -0.300. The first kappa shape index (κ1) is 7.37. The molecule has 0 amide bonds. The molecule has 0 bridgehead atoms. The number of rotatable bonds is 2. The zero-order valence-electron chi connectivity index (χ0n) is 5.59. The summed E-state index contributed by atoms with van der Waals surface area (Å²) in [6.07, 6.45) is 0.366. The van der Waals surface area contributed by atoms with Crippen LogP contribution in [0.15, 0.2) is 0 Å². The van der Waals surface area contributed by atoms with E-state index in [1.807, 2.05) is 0 Å². The van der Waals surface area contributed by atoms with Crippen molar-refractivity contribution in [2.45, 2.75) is 6.04 Å². The predicted molar refractivity (Wildman–Crippen MR) is 35.7 cm³/mol. The van der Waals surface area contributed by atoms with Gasteiger partial charge in [0.25, 0.3) is 0 Å².